The van der Waals surface area contributed by atoms with Gasteiger partial charge in [0.25, 0.3) is 0 Å². The number of anilines is 1. The summed E-state index contributed by atoms with van der Waals surface area (Å²) < 4.78 is 0. The highest BCUT2D eigenvalue weighted by atomic mass is 35.5. The molecule has 0 bridgehead atoms. The first-order valence-corrected chi connectivity index (χ1v) is 4.65. The number of hydrogen-bond acceptors (Lipinski definition) is 2. The summed E-state index contributed by atoms with van der Waals surface area (Å²) in [5.41, 5.74) is 7.85. The third-order valence-corrected chi connectivity index (χ3v) is 2.31. The Labute approximate surface area is 86.9 Å². The van der Waals surface area contributed by atoms with Crippen LogP contribution in [-0.2, 0) is 6.42 Å². The van der Waals surface area contributed by atoms with Crippen LogP contribution >= 0.6 is 11.6 Å². The SMILES string of the molecule is Nc1[nH]ncc1Cc1ccc(Cl)cc1. The van der Waals surface area contributed by atoms with Gasteiger partial charge in [-0.25, -0.2) is 0 Å². The van der Waals surface area contributed by atoms with Gasteiger partial charge in [-0.05, 0) is 17.7 Å². The first-order valence-electron chi connectivity index (χ1n) is 4.28. The molecule has 0 saturated heterocycles. The molecule has 0 unspecified atom stereocenters. The Kier molecular flexibility index (Phi) is 2.41. The van der Waals surface area contributed by atoms with Crippen LogP contribution in [0.15, 0.2) is 30.5 Å². The summed E-state index contributed by atoms with van der Waals surface area (Å²) in [6.07, 6.45) is 2.52. The van der Waals surface area contributed by atoms with Crippen LogP contribution in [0.4, 0.5) is 5.82 Å². The molecular weight excluding hydrogens is 198 g/mol. The zero-order valence-corrected chi connectivity index (χ0v) is 8.25. The van der Waals surface area contributed by atoms with Crippen LogP contribution in [0, 0.1) is 0 Å². The van der Waals surface area contributed by atoms with Gasteiger partial charge in [0.05, 0.1) is 6.20 Å². The van der Waals surface area contributed by atoms with Crippen molar-refractivity contribution in [3.05, 3.63) is 46.6 Å². The lowest BCUT2D eigenvalue weighted by atomic mass is 10.1. The van der Waals surface area contributed by atoms with Gasteiger partial charge in [0.1, 0.15) is 5.82 Å². The highest BCUT2D eigenvalue weighted by Gasteiger charge is 2.02. The second-order valence-electron chi connectivity index (χ2n) is 3.11. The molecule has 3 N–H and O–H groups in total. The molecule has 0 spiro atoms. The Morgan fingerprint density at radius 3 is 2.57 bits per heavy atom. The van der Waals surface area contributed by atoms with E-state index in [1.807, 2.05) is 24.3 Å². The summed E-state index contributed by atoms with van der Waals surface area (Å²) in [5, 5.41) is 7.31. The first kappa shape index (κ1) is 9.09. The van der Waals surface area contributed by atoms with Gasteiger partial charge in [0, 0.05) is 17.0 Å². The number of benzene rings is 1. The Balaban J connectivity index is 2.19. The highest BCUT2D eigenvalue weighted by Crippen LogP contribution is 2.15. The minimum atomic E-state index is 0.625. The number of nitrogens with two attached hydrogens (primary N) is 1. The number of H-pyrrole nitrogens is 1. The van der Waals surface area contributed by atoms with E-state index in [0.29, 0.717) is 5.82 Å². The van der Waals surface area contributed by atoms with Crippen LogP contribution < -0.4 is 5.73 Å². The minimum Gasteiger partial charge on any atom is -0.384 e. The maximum atomic E-state index is 5.78. The lowest BCUT2D eigenvalue weighted by Crippen LogP contribution is -1.92. The molecule has 0 aliphatic rings. The standard InChI is InChI=1S/C10H10ClN3/c11-9-3-1-7(2-4-9)5-8-6-13-14-10(8)12/h1-4,6H,5H2,(H3,12,13,14). The van der Waals surface area contributed by atoms with Crippen LogP contribution in [0.2, 0.25) is 5.02 Å². The zero-order chi connectivity index (χ0) is 9.97. The number of rotatable bonds is 2. The first-order chi connectivity index (χ1) is 6.75. The van der Waals surface area contributed by atoms with E-state index in [1.165, 1.54) is 5.56 Å². The molecule has 0 aliphatic heterocycles. The van der Waals surface area contributed by atoms with E-state index in [1.54, 1.807) is 6.20 Å². The lowest BCUT2D eigenvalue weighted by Gasteiger charge is -1.99. The van der Waals surface area contributed by atoms with Crippen LogP contribution in [0.25, 0.3) is 0 Å². The fourth-order valence-electron chi connectivity index (χ4n) is 1.28. The second kappa shape index (κ2) is 3.72. The number of hydrogen-bond donors (Lipinski definition) is 2. The number of aromatic nitrogens is 2. The summed E-state index contributed by atoms with van der Waals surface area (Å²) in [5.74, 6) is 0.625. The summed E-state index contributed by atoms with van der Waals surface area (Å²) in [7, 11) is 0. The molecule has 0 saturated carbocycles. The van der Waals surface area contributed by atoms with Gasteiger partial charge in [-0.3, -0.25) is 5.10 Å². The molecule has 0 aliphatic carbocycles. The summed E-state index contributed by atoms with van der Waals surface area (Å²) in [4.78, 5) is 0. The quantitative estimate of drug-likeness (QED) is 0.794. The smallest absolute Gasteiger partial charge is 0.122 e. The number of halogens is 1. The van der Waals surface area contributed by atoms with Crippen LogP contribution in [0.3, 0.4) is 0 Å². The fourth-order valence-corrected chi connectivity index (χ4v) is 1.41. The highest BCUT2D eigenvalue weighted by molar-refractivity contribution is 6.30. The molecule has 1 aromatic carbocycles. The molecular formula is C10H10ClN3. The van der Waals surface area contributed by atoms with Crippen LogP contribution in [0.1, 0.15) is 11.1 Å². The van der Waals surface area contributed by atoms with Crippen molar-refractivity contribution < 1.29 is 0 Å². The Morgan fingerprint density at radius 2 is 2.00 bits per heavy atom. The monoisotopic (exact) mass is 207 g/mol. The van der Waals surface area contributed by atoms with Gasteiger partial charge in [-0.2, -0.15) is 5.10 Å². The van der Waals surface area contributed by atoms with Crippen LogP contribution in [-0.4, -0.2) is 10.2 Å². The van der Waals surface area contributed by atoms with Crippen molar-refractivity contribution in [1.29, 1.82) is 0 Å². The molecule has 2 aromatic rings. The van der Waals surface area contributed by atoms with E-state index < -0.39 is 0 Å². The topological polar surface area (TPSA) is 54.7 Å². The number of nitrogen functional groups attached to an aromatic ring is 1. The van der Waals surface area contributed by atoms with Crippen molar-refractivity contribution in [2.45, 2.75) is 6.42 Å². The molecule has 0 radical (unpaired) electrons. The third-order valence-electron chi connectivity index (χ3n) is 2.06. The average Bonchev–Trinajstić information content (AvgIpc) is 2.56. The van der Waals surface area contributed by atoms with Crippen molar-refractivity contribution in [1.82, 2.24) is 10.2 Å². The van der Waals surface area contributed by atoms with Crippen molar-refractivity contribution in [2.24, 2.45) is 0 Å². The van der Waals surface area contributed by atoms with E-state index >= 15 is 0 Å². The van der Waals surface area contributed by atoms with E-state index in [0.717, 1.165) is 17.0 Å². The Hall–Kier alpha value is -1.48. The van der Waals surface area contributed by atoms with Crippen molar-refractivity contribution in [3.8, 4) is 0 Å². The Bertz CT molecular complexity index is 419. The normalized spacial score (nSPS) is 10.4. The minimum absolute atomic E-state index is 0.625. The van der Waals surface area contributed by atoms with Gasteiger partial charge in [-0.1, -0.05) is 23.7 Å². The largest absolute Gasteiger partial charge is 0.384 e. The molecule has 1 aromatic heterocycles. The van der Waals surface area contributed by atoms with Gasteiger partial charge in [0.15, 0.2) is 0 Å². The third kappa shape index (κ3) is 1.88. The van der Waals surface area contributed by atoms with Crippen LogP contribution in [0.5, 0.6) is 0 Å². The van der Waals surface area contributed by atoms with Gasteiger partial charge < -0.3 is 5.73 Å². The maximum absolute atomic E-state index is 5.78. The molecule has 14 heavy (non-hydrogen) atoms. The van der Waals surface area contributed by atoms with Crippen molar-refractivity contribution >= 4 is 17.4 Å². The fraction of sp³-hybridized carbons (Fsp3) is 0.100. The lowest BCUT2D eigenvalue weighted by molar-refractivity contribution is 1.10. The molecule has 4 heteroatoms. The molecule has 2 rings (SSSR count). The second-order valence-corrected chi connectivity index (χ2v) is 3.55. The van der Waals surface area contributed by atoms with Crippen molar-refractivity contribution in [2.75, 3.05) is 5.73 Å². The molecule has 72 valence electrons. The number of aromatic amines is 1. The molecule has 0 atom stereocenters. The maximum Gasteiger partial charge on any atom is 0.122 e. The molecule has 0 amide bonds. The summed E-state index contributed by atoms with van der Waals surface area (Å²) >= 11 is 5.78. The summed E-state index contributed by atoms with van der Waals surface area (Å²) in [6.45, 7) is 0. The van der Waals surface area contributed by atoms with Gasteiger partial charge in [-0.15, -0.1) is 0 Å². The summed E-state index contributed by atoms with van der Waals surface area (Å²) in [6, 6.07) is 7.70. The number of nitrogens with one attached hydrogen (secondary N) is 1. The van der Waals surface area contributed by atoms with Gasteiger partial charge in [0.2, 0.25) is 0 Å². The number of nitrogens with zero attached hydrogens (tertiary/aromatic N) is 1. The van der Waals surface area contributed by atoms with E-state index in [-0.39, 0.29) is 0 Å². The van der Waals surface area contributed by atoms with E-state index in [4.69, 9.17) is 17.3 Å². The molecule has 0 fully saturated rings. The predicted octanol–water partition coefficient (Wildman–Crippen LogP) is 2.24. The zero-order valence-electron chi connectivity index (χ0n) is 7.50. The van der Waals surface area contributed by atoms with E-state index in [2.05, 4.69) is 10.2 Å². The molecule has 3 nitrogen and oxygen atoms in total. The Morgan fingerprint density at radius 1 is 1.29 bits per heavy atom. The molecule has 1 heterocycles. The van der Waals surface area contributed by atoms with Gasteiger partial charge >= 0.3 is 0 Å². The average molecular weight is 208 g/mol. The predicted molar refractivity (Wildman–Crippen MR) is 57.3 cm³/mol. The van der Waals surface area contributed by atoms with E-state index in [9.17, 15) is 0 Å². The van der Waals surface area contributed by atoms with Crippen molar-refractivity contribution in [3.63, 3.8) is 0 Å².